The van der Waals surface area contributed by atoms with Crippen LogP contribution in [0, 0.1) is 16.2 Å². The van der Waals surface area contributed by atoms with Gasteiger partial charge in [0.2, 0.25) is 0 Å². The Balaban J connectivity index is 3.90. The molecule has 1 aromatic rings. The molecule has 0 radical (unpaired) electrons. The van der Waals surface area contributed by atoms with Crippen LogP contribution in [0.2, 0.25) is 0 Å². The van der Waals surface area contributed by atoms with Crippen molar-refractivity contribution in [2.75, 3.05) is 0 Å². The van der Waals surface area contributed by atoms with E-state index in [-0.39, 0.29) is 10.8 Å². The average Bonchev–Trinajstić information content (AvgIpc) is 2.54. The maximum absolute atomic E-state index is 11.4. The molecule has 0 bridgehead atoms. The van der Waals surface area contributed by atoms with E-state index in [1.807, 2.05) is 74.4 Å². The van der Waals surface area contributed by atoms with E-state index in [0.717, 1.165) is 36.0 Å². The maximum Gasteiger partial charge on any atom is 0.0845 e. The van der Waals surface area contributed by atoms with Gasteiger partial charge in [0.1, 0.15) is 0 Å². The number of aryl methyl sites for hydroxylation is 1. The van der Waals surface area contributed by atoms with Gasteiger partial charge in [-0.05, 0) is 51.3 Å². The van der Waals surface area contributed by atoms with Gasteiger partial charge in [-0.15, -0.1) is 0 Å². The van der Waals surface area contributed by atoms with Crippen LogP contribution in [-0.4, -0.2) is 15.3 Å². The van der Waals surface area contributed by atoms with Crippen molar-refractivity contribution in [3.05, 3.63) is 34.4 Å². The van der Waals surface area contributed by atoms with Gasteiger partial charge in [0.15, 0.2) is 0 Å². The topological polar surface area (TPSA) is 60.7 Å². The zero-order valence-corrected chi connectivity index (χ0v) is 19.8. The molecule has 0 aromatic heterocycles. The molecule has 3 unspecified atom stereocenters. The first-order valence-electron chi connectivity index (χ1n) is 10.7. The molecule has 1 rings (SSSR count). The first-order chi connectivity index (χ1) is 12.5. The lowest BCUT2D eigenvalue weighted by Crippen LogP contribution is -2.29. The van der Waals surface area contributed by atoms with Crippen molar-refractivity contribution in [1.82, 2.24) is 0 Å². The molecule has 3 heteroatoms. The molecule has 3 N–H and O–H groups in total. The molecule has 0 aliphatic heterocycles. The van der Waals surface area contributed by atoms with Crippen molar-refractivity contribution < 1.29 is 15.3 Å². The van der Waals surface area contributed by atoms with Crippen molar-refractivity contribution in [1.29, 1.82) is 0 Å². The second kappa shape index (κ2) is 8.85. The number of aliphatic hydroxyl groups is 3. The molecule has 0 saturated carbocycles. The van der Waals surface area contributed by atoms with Crippen LogP contribution in [0.1, 0.15) is 123 Å². The minimum Gasteiger partial charge on any atom is -0.388 e. The molecule has 0 fully saturated rings. The van der Waals surface area contributed by atoms with Gasteiger partial charge in [-0.3, -0.25) is 0 Å². The first kappa shape index (κ1) is 25.1. The quantitative estimate of drug-likeness (QED) is 0.535. The minimum atomic E-state index is -0.784. The lowest BCUT2D eigenvalue weighted by molar-refractivity contribution is 0.0299. The molecular formula is C25H44O3. The molecule has 3 atom stereocenters. The zero-order valence-electron chi connectivity index (χ0n) is 19.8. The van der Waals surface area contributed by atoms with Crippen LogP contribution in [0.25, 0.3) is 0 Å². The largest absolute Gasteiger partial charge is 0.388 e. The Morgan fingerprint density at radius 1 is 0.679 bits per heavy atom. The van der Waals surface area contributed by atoms with Crippen molar-refractivity contribution in [2.24, 2.45) is 16.2 Å². The van der Waals surface area contributed by atoms with Crippen LogP contribution < -0.4 is 0 Å². The molecule has 0 aliphatic rings. The third-order valence-corrected chi connectivity index (χ3v) is 5.51. The van der Waals surface area contributed by atoms with E-state index in [9.17, 15) is 15.3 Å². The normalized spacial score (nSPS) is 16.8. The predicted octanol–water partition coefficient (Wildman–Crippen LogP) is 6.27. The predicted molar refractivity (Wildman–Crippen MR) is 118 cm³/mol. The highest BCUT2D eigenvalue weighted by atomic mass is 16.3. The Kier molecular flexibility index (Phi) is 7.95. The summed E-state index contributed by atoms with van der Waals surface area (Å²) in [6, 6.07) is 4.01. The second-order valence-corrected chi connectivity index (χ2v) is 11.6. The SMILES string of the molecule is CCCCc1ccc(C(O)C(C)(C)C)c(C(O)C(C)(C)C)c1C(O)C(C)(C)C. The maximum atomic E-state index is 11.4. The number of hydrogen-bond donors (Lipinski definition) is 3. The summed E-state index contributed by atoms with van der Waals surface area (Å²) in [7, 11) is 0. The Hall–Kier alpha value is -0.900. The molecule has 3 nitrogen and oxygen atoms in total. The molecule has 0 amide bonds. The Bertz CT molecular complexity index is 641. The Labute approximate surface area is 173 Å². The fourth-order valence-electron chi connectivity index (χ4n) is 3.48. The van der Waals surface area contributed by atoms with Gasteiger partial charge < -0.3 is 15.3 Å². The van der Waals surface area contributed by atoms with Crippen LogP contribution in [0.4, 0.5) is 0 Å². The smallest absolute Gasteiger partial charge is 0.0845 e. The van der Waals surface area contributed by atoms with E-state index in [2.05, 4.69) is 6.92 Å². The highest BCUT2D eigenvalue weighted by molar-refractivity contribution is 5.47. The lowest BCUT2D eigenvalue weighted by atomic mass is 9.71. The highest BCUT2D eigenvalue weighted by Crippen LogP contribution is 2.47. The van der Waals surface area contributed by atoms with Crippen LogP contribution in [0.3, 0.4) is 0 Å². The summed E-state index contributed by atoms with van der Waals surface area (Å²) in [4.78, 5) is 0. The monoisotopic (exact) mass is 392 g/mol. The number of hydrogen-bond acceptors (Lipinski definition) is 3. The summed E-state index contributed by atoms with van der Waals surface area (Å²) in [5.74, 6) is 0. The van der Waals surface area contributed by atoms with Crippen molar-refractivity contribution in [2.45, 2.75) is 107 Å². The summed E-state index contributed by atoms with van der Waals surface area (Å²) in [5.41, 5.74) is 2.16. The highest BCUT2D eigenvalue weighted by Gasteiger charge is 2.38. The van der Waals surface area contributed by atoms with Gasteiger partial charge in [-0.2, -0.15) is 0 Å². The van der Waals surface area contributed by atoms with Crippen LogP contribution in [-0.2, 0) is 6.42 Å². The summed E-state index contributed by atoms with van der Waals surface area (Å²) < 4.78 is 0. The molecule has 0 aliphatic carbocycles. The average molecular weight is 393 g/mol. The zero-order chi connectivity index (χ0) is 22.1. The number of aliphatic hydroxyl groups excluding tert-OH is 3. The third-order valence-electron chi connectivity index (χ3n) is 5.51. The van der Waals surface area contributed by atoms with E-state index in [1.165, 1.54) is 0 Å². The van der Waals surface area contributed by atoms with Crippen molar-refractivity contribution >= 4 is 0 Å². The molecule has 28 heavy (non-hydrogen) atoms. The Morgan fingerprint density at radius 2 is 1.11 bits per heavy atom. The van der Waals surface area contributed by atoms with Gasteiger partial charge in [-0.1, -0.05) is 87.8 Å². The minimum absolute atomic E-state index is 0.374. The third kappa shape index (κ3) is 5.81. The van der Waals surface area contributed by atoms with Gasteiger partial charge in [0.25, 0.3) is 0 Å². The van der Waals surface area contributed by atoms with E-state index < -0.39 is 23.7 Å². The van der Waals surface area contributed by atoms with Crippen molar-refractivity contribution in [3.8, 4) is 0 Å². The van der Waals surface area contributed by atoms with Gasteiger partial charge in [0, 0.05) is 0 Å². The lowest BCUT2D eigenvalue weighted by Gasteiger charge is -2.38. The molecule has 0 heterocycles. The molecule has 0 saturated heterocycles. The summed E-state index contributed by atoms with van der Waals surface area (Å²) in [6.07, 6.45) is 0.705. The second-order valence-electron chi connectivity index (χ2n) is 11.6. The van der Waals surface area contributed by atoms with E-state index >= 15 is 0 Å². The van der Waals surface area contributed by atoms with Gasteiger partial charge in [0.05, 0.1) is 18.3 Å². The summed E-state index contributed by atoms with van der Waals surface area (Å²) in [6.45, 7) is 20.2. The molecule has 162 valence electrons. The van der Waals surface area contributed by atoms with Gasteiger partial charge in [-0.25, -0.2) is 0 Å². The standard InChI is InChI=1S/C25H44O3/c1-11-12-13-16-14-15-17(20(26)23(2,3)4)19(22(28)25(8,9)10)18(16)21(27)24(5,6)7/h14-15,20-22,26-28H,11-13H2,1-10H3. The number of benzene rings is 1. The fraction of sp³-hybridized carbons (Fsp3) is 0.760. The molecule has 0 spiro atoms. The fourth-order valence-corrected chi connectivity index (χ4v) is 3.48. The van der Waals surface area contributed by atoms with E-state index in [4.69, 9.17) is 0 Å². The van der Waals surface area contributed by atoms with E-state index in [1.54, 1.807) is 0 Å². The van der Waals surface area contributed by atoms with Crippen LogP contribution in [0.5, 0.6) is 0 Å². The summed E-state index contributed by atoms with van der Waals surface area (Å²) >= 11 is 0. The molecular weight excluding hydrogens is 348 g/mol. The number of rotatable bonds is 6. The van der Waals surface area contributed by atoms with Crippen molar-refractivity contribution in [3.63, 3.8) is 0 Å². The van der Waals surface area contributed by atoms with Gasteiger partial charge >= 0.3 is 0 Å². The summed E-state index contributed by atoms with van der Waals surface area (Å²) in [5, 5.41) is 33.9. The van der Waals surface area contributed by atoms with Crippen LogP contribution >= 0.6 is 0 Å². The Morgan fingerprint density at radius 3 is 1.50 bits per heavy atom. The number of unbranched alkanes of at least 4 members (excludes halogenated alkanes) is 1. The van der Waals surface area contributed by atoms with E-state index in [0.29, 0.717) is 5.56 Å². The first-order valence-corrected chi connectivity index (χ1v) is 10.7. The molecule has 1 aromatic carbocycles. The van der Waals surface area contributed by atoms with Crippen LogP contribution in [0.15, 0.2) is 12.1 Å².